The number of carbonyl (C=O) groups is 1. The van der Waals surface area contributed by atoms with Gasteiger partial charge in [-0.15, -0.1) is 0 Å². The first-order valence-electron chi connectivity index (χ1n) is 6.61. The Bertz CT molecular complexity index is 547. The highest BCUT2D eigenvalue weighted by Gasteiger charge is 2.24. The zero-order valence-corrected chi connectivity index (χ0v) is 12.0. The highest BCUT2D eigenvalue weighted by atomic mass is 32.2. The molecule has 1 aliphatic rings. The zero-order chi connectivity index (χ0) is 14.4. The van der Waals surface area contributed by atoms with Crippen LogP contribution in [-0.4, -0.2) is 54.0 Å². The van der Waals surface area contributed by atoms with Crippen LogP contribution in [0.1, 0.15) is 29.8 Å². The first-order valence-corrected chi connectivity index (χ1v) is 8.22. The second kappa shape index (κ2) is 6.76. The second-order valence-electron chi connectivity index (χ2n) is 4.62. The third kappa shape index (κ3) is 3.97. The molecular weight excluding hydrogens is 280 g/mol. The fourth-order valence-electron chi connectivity index (χ4n) is 2.06. The largest absolute Gasteiger partial charge is 0.351 e. The van der Waals surface area contributed by atoms with Crippen LogP contribution in [0.2, 0.25) is 0 Å². The molecule has 110 valence electrons. The van der Waals surface area contributed by atoms with Gasteiger partial charge in [0, 0.05) is 32.0 Å². The third-order valence-electron chi connectivity index (χ3n) is 3.12. The van der Waals surface area contributed by atoms with Crippen molar-refractivity contribution in [3.63, 3.8) is 0 Å². The highest BCUT2D eigenvalue weighted by Crippen LogP contribution is 2.13. The molecule has 7 nitrogen and oxygen atoms in total. The number of amides is 1. The SMILES string of the molecule is O=C(NCCCN1CCCCS1(=O)=O)c1cnccn1. The normalized spacial score (nSPS) is 18.6. The Hall–Kier alpha value is -1.54. The third-order valence-corrected chi connectivity index (χ3v) is 5.08. The van der Waals surface area contributed by atoms with Crippen molar-refractivity contribution in [1.82, 2.24) is 19.6 Å². The molecule has 1 aromatic heterocycles. The van der Waals surface area contributed by atoms with Gasteiger partial charge in [-0.1, -0.05) is 0 Å². The van der Waals surface area contributed by atoms with E-state index >= 15 is 0 Å². The monoisotopic (exact) mass is 298 g/mol. The summed E-state index contributed by atoms with van der Waals surface area (Å²) in [6.45, 7) is 1.45. The predicted octanol–water partition coefficient (Wildman–Crippen LogP) is 0.0221. The number of nitrogens with one attached hydrogen (secondary N) is 1. The van der Waals surface area contributed by atoms with Gasteiger partial charge in [0.05, 0.1) is 11.9 Å². The lowest BCUT2D eigenvalue weighted by atomic mass is 10.3. The van der Waals surface area contributed by atoms with Crippen LogP contribution in [0.3, 0.4) is 0 Å². The van der Waals surface area contributed by atoms with Crippen molar-refractivity contribution in [2.45, 2.75) is 19.3 Å². The van der Waals surface area contributed by atoms with Crippen molar-refractivity contribution >= 4 is 15.9 Å². The molecule has 0 spiro atoms. The van der Waals surface area contributed by atoms with Crippen LogP contribution in [0, 0.1) is 0 Å². The lowest BCUT2D eigenvalue weighted by molar-refractivity contribution is 0.0947. The van der Waals surface area contributed by atoms with Gasteiger partial charge >= 0.3 is 0 Å². The number of hydrogen-bond donors (Lipinski definition) is 1. The Morgan fingerprint density at radius 2 is 2.20 bits per heavy atom. The molecule has 0 saturated carbocycles. The van der Waals surface area contributed by atoms with Gasteiger partial charge in [0.15, 0.2) is 0 Å². The van der Waals surface area contributed by atoms with E-state index in [1.54, 1.807) is 0 Å². The van der Waals surface area contributed by atoms with Gasteiger partial charge in [0.2, 0.25) is 10.0 Å². The molecule has 0 aliphatic carbocycles. The average molecular weight is 298 g/mol. The van der Waals surface area contributed by atoms with Crippen molar-refractivity contribution in [2.24, 2.45) is 0 Å². The minimum atomic E-state index is -3.08. The van der Waals surface area contributed by atoms with Gasteiger partial charge in [0.25, 0.3) is 5.91 Å². The van der Waals surface area contributed by atoms with E-state index in [9.17, 15) is 13.2 Å². The Morgan fingerprint density at radius 1 is 1.35 bits per heavy atom. The zero-order valence-electron chi connectivity index (χ0n) is 11.2. The number of aromatic nitrogens is 2. The molecule has 1 aromatic rings. The van der Waals surface area contributed by atoms with E-state index < -0.39 is 10.0 Å². The first-order chi connectivity index (χ1) is 9.59. The smallest absolute Gasteiger partial charge is 0.271 e. The molecule has 1 aliphatic heterocycles. The van der Waals surface area contributed by atoms with Crippen LogP contribution in [0.25, 0.3) is 0 Å². The molecule has 0 atom stereocenters. The Labute approximate surface area is 118 Å². The van der Waals surface area contributed by atoms with Crippen LogP contribution in [0.15, 0.2) is 18.6 Å². The summed E-state index contributed by atoms with van der Waals surface area (Å²) in [6, 6.07) is 0. The van der Waals surface area contributed by atoms with Crippen molar-refractivity contribution in [3.8, 4) is 0 Å². The van der Waals surface area contributed by atoms with E-state index in [1.165, 1.54) is 22.9 Å². The molecule has 2 rings (SSSR count). The molecule has 0 unspecified atom stereocenters. The van der Waals surface area contributed by atoms with E-state index in [1.807, 2.05) is 0 Å². The van der Waals surface area contributed by atoms with Crippen LogP contribution < -0.4 is 5.32 Å². The maximum Gasteiger partial charge on any atom is 0.271 e. The summed E-state index contributed by atoms with van der Waals surface area (Å²) in [5, 5.41) is 2.70. The summed E-state index contributed by atoms with van der Waals surface area (Å²) in [4.78, 5) is 19.4. The van der Waals surface area contributed by atoms with Crippen molar-refractivity contribution in [1.29, 1.82) is 0 Å². The lowest BCUT2D eigenvalue weighted by Crippen LogP contribution is -2.39. The molecule has 1 N–H and O–H groups in total. The number of rotatable bonds is 5. The summed E-state index contributed by atoms with van der Waals surface area (Å²) in [5.74, 6) is -0.0570. The Morgan fingerprint density at radius 3 is 2.90 bits per heavy atom. The fraction of sp³-hybridized carbons (Fsp3) is 0.583. The van der Waals surface area contributed by atoms with Crippen LogP contribution in [0.5, 0.6) is 0 Å². The van der Waals surface area contributed by atoms with Gasteiger partial charge in [-0.2, -0.15) is 0 Å². The van der Waals surface area contributed by atoms with E-state index in [0.29, 0.717) is 26.1 Å². The average Bonchev–Trinajstić information content (AvgIpc) is 2.45. The maximum absolute atomic E-state index is 11.8. The van der Waals surface area contributed by atoms with Gasteiger partial charge in [-0.05, 0) is 19.3 Å². The molecule has 1 saturated heterocycles. The van der Waals surface area contributed by atoms with Gasteiger partial charge in [-0.25, -0.2) is 17.7 Å². The van der Waals surface area contributed by atoms with Crippen molar-refractivity contribution < 1.29 is 13.2 Å². The number of hydrogen-bond acceptors (Lipinski definition) is 5. The van der Waals surface area contributed by atoms with Crippen molar-refractivity contribution in [2.75, 3.05) is 25.4 Å². The highest BCUT2D eigenvalue weighted by molar-refractivity contribution is 7.89. The first kappa shape index (κ1) is 14.9. The quantitative estimate of drug-likeness (QED) is 0.774. The summed E-state index contributed by atoms with van der Waals surface area (Å²) in [6.07, 6.45) is 6.58. The topological polar surface area (TPSA) is 92.3 Å². The van der Waals surface area contributed by atoms with Crippen LogP contribution >= 0.6 is 0 Å². The molecule has 1 amide bonds. The molecule has 1 fully saturated rings. The molecule has 8 heteroatoms. The predicted molar refractivity (Wildman–Crippen MR) is 73.6 cm³/mol. The fourth-order valence-corrected chi connectivity index (χ4v) is 3.70. The minimum Gasteiger partial charge on any atom is -0.351 e. The standard InChI is InChI=1S/C12H18N4O3S/c17-12(11-10-13-5-6-14-11)15-4-3-8-16-7-1-2-9-20(16,18)19/h5-6,10H,1-4,7-9H2,(H,15,17). The Kier molecular flexibility index (Phi) is 5.02. The van der Waals surface area contributed by atoms with E-state index in [-0.39, 0.29) is 17.4 Å². The molecular formula is C12H18N4O3S. The molecule has 0 radical (unpaired) electrons. The second-order valence-corrected chi connectivity index (χ2v) is 6.71. The summed E-state index contributed by atoms with van der Waals surface area (Å²) in [5.41, 5.74) is 0.262. The van der Waals surface area contributed by atoms with Crippen molar-refractivity contribution in [3.05, 3.63) is 24.3 Å². The number of sulfonamides is 1. The summed E-state index contributed by atoms with van der Waals surface area (Å²) >= 11 is 0. The molecule has 2 heterocycles. The molecule has 0 aromatic carbocycles. The van der Waals surface area contributed by atoms with Gasteiger partial charge in [0.1, 0.15) is 5.69 Å². The van der Waals surface area contributed by atoms with Gasteiger partial charge < -0.3 is 5.32 Å². The number of carbonyl (C=O) groups excluding carboxylic acids is 1. The maximum atomic E-state index is 11.8. The van der Waals surface area contributed by atoms with Crippen LogP contribution in [-0.2, 0) is 10.0 Å². The molecule has 20 heavy (non-hydrogen) atoms. The van der Waals surface area contributed by atoms with E-state index in [4.69, 9.17) is 0 Å². The summed E-state index contributed by atoms with van der Waals surface area (Å²) in [7, 11) is -3.08. The minimum absolute atomic E-state index is 0.235. The summed E-state index contributed by atoms with van der Waals surface area (Å²) < 4.78 is 25.0. The van der Waals surface area contributed by atoms with E-state index in [0.717, 1.165) is 12.8 Å². The Balaban J connectivity index is 1.73. The van der Waals surface area contributed by atoms with Crippen LogP contribution in [0.4, 0.5) is 0 Å². The lowest BCUT2D eigenvalue weighted by Gasteiger charge is -2.26. The van der Waals surface area contributed by atoms with E-state index in [2.05, 4.69) is 15.3 Å². The van der Waals surface area contributed by atoms with Gasteiger partial charge in [-0.3, -0.25) is 9.78 Å². The number of nitrogens with zero attached hydrogens (tertiary/aromatic N) is 3. The molecule has 0 bridgehead atoms.